The molecule has 1 aromatic carbocycles. The number of hydrogen-bond donors (Lipinski definition) is 2. The zero-order valence-corrected chi connectivity index (χ0v) is 9.90. The Bertz CT molecular complexity index is 450. The molecule has 0 saturated heterocycles. The highest BCUT2D eigenvalue weighted by atomic mass is 35.5. The van der Waals surface area contributed by atoms with E-state index in [0.717, 1.165) is 0 Å². The maximum absolute atomic E-state index is 11.5. The number of rotatable bonds is 4. The second-order valence-electron chi connectivity index (χ2n) is 3.42. The van der Waals surface area contributed by atoms with Gasteiger partial charge in [0.1, 0.15) is 5.69 Å². The summed E-state index contributed by atoms with van der Waals surface area (Å²) in [5, 5.41) is 13.4. The first-order valence-electron chi connectivity index (χ1n) is 4.96. The van der Waals surface area contributed by atoms with Crippen molar-refractivity contribution in [3.8, 4) is 0 Å². The molecule has 3 N–H and O–H groups in total. The summed E-state index contributed by atoms with van der Waals surface area (Å²) in [5.74, 6) is -0.474. The number of nitro benzene ring substituents is 1. The van der Waals surface area contributed by atoms with E-state index in [4.69, 9.17) is 17.3 Å². The molecule has 92 valence electrons. The van der Waals surface area contributed by atoms with Gasteiger partial charge in [-0.1, -0.05) is 18.5 Å². The Hall–Kier alpha value is -1.66. The summed E-state index contributed by atoms with van der Waals surface area (Å²) in [5.41, 5.74) is 5.35. The monoisotopic (exact) mass is 257 g/mol. The fraction of sp³-hybridized carbons (Fsp3) is 0.300. The summed E-state index contributed by atoms with van der Waals surface area (Å²) >= 11 is 5.71. The molecule has 0 aromatic heterocycles. The van der Waals surface area contributed by atoms with E-state index in [9.17, 15) is 14.9 Å². The van der Waals surface area contributed by atoms with Crippen LogP contribution in [0.3, 0.4) is 0 Å². The van der Waals surface area contributed by atoms with Crippen molar-refractivity contribution in [1.29, 1.82) is 0 Å². The van der Waals surface area contributed by atoms with Crippen LogP contribution in [-0.4, -0.2) is 16.9 Å². The molecular formula is C10H12ClN3O3. The first kappa shape index (κ1) is 13.4. The highest BCUT2D eigenvalue weighted by Crippen LogP contribution is 2.27. The predicted molar refractivity (Wildman–Crippen MR) is 65.0 cm³/mol. The van der Waals surface area contributed by atoms with Gasteiger partial charge in [-0.15, -0.1) is 0 Å². The van der Waals surface area contributed by atoms with E-state index in [-0.39, 0.29) is 11.4 Å². The molecule has 0 unspecified atom stereocenters. The largest absolute Gasteiger partial charge is 0.320 e. The minimum absolute atomic E-state index is 0.0522. The van der Waals surface area contributed by atoms with E-state index in [1.807, 2.05) is 0 Å². The normalized spacial score (nSPS) is 11.9. The molecule has 0 heterocycles. The summed E-state index contributed by atoms with van der Waals surface area (Å²) in [6, 6.07) is 3.23. The third-order valence-corrected chi connectivity index (χ3v) is 2.42. The Morgan fingerprint density at radius 2 is 2.29 bits per heavy atom. The number of benzene rings is 1. The van der Waals surface area contributed by atoms with E-state index in [2.05, 4.69) is 5.32 Å². The average molecular weight is 258 g/mol. The van der Waals surface area contributed by atoms with Crippen LogP contribution in [0.25, 0.3) is 0 Å². The second kappa shape index (κ2) is 5.60. The molecule has 0 saturated carbocycles. The van der Waals surface area contributed by atoms with Crippen LogP contribution in [0.1, 0.15) is 13.3 Å². The minimum Gasteiger partial charge on any atom is -0.320 e. The smallest absolute Gasteiger partial charge is 0.292 e. The lowest BCUT2D eigenvalue weighted by atomic mass is 10.2. The number of carbonyl (C=O) groups excluding carboxylic acids is 1. The summed E-state index contributed by atoms with van der Waals surface area (Å²) < 4.78 is 0. The van der Waals surface area contributed by atoms with Crippen LogP contribution >= 0.6 is 11.6 Å². The van der Waals surface area contributed by atoms with Gasteiger partial charge in [-0.2, -0.15) is 0 Å². The molecule has 0 aliphatic rings. The molecule has 0 aliphatic carbocycles. The van der Waals surface area contributed by atoms with Gasteiger partial charge >= 0.3 is 0 Å². The number of nitrogens with one attached hydrogen (secondary N) is 1. The van der Waals surface area contributed by atoms with Crippen molar-refractivity contribution in [2.45, 2.75) is 19.4 Å². The number of hydrogen-bond acceptors (Lipinski definition) is 4. The van der Waals surface area contributed by atoms with Crippen LogP contribution in [0.5, 0.6) is 0 Å². The maximum Gasteiger partial charge on any atom is 0.292 e. The molecule has 17 heavy (non-hydrogen) atoms. The Labute approximate surface area is 103 Å². The van der Waals surface area contributed by atoms with Gasteiger partial charge in [0, 0.05) is 11.1 Å². The number of nitro groups is 1. The predicted octanol–water partition coefficient (Wildman–Crippen LogP) is 1.92. The Kier molecular flexibility index (Phi) is 4.42. The van der Waals surface area contributed by atoms with Gasteiger partial charge in [-0.05, 0) is 18.6 Å². The fourth-order valence-electron chi connectivity index (χ4n) is 1.18. The maximum atomic E-state index is 11.5. The van der Waals surface area contributed by atoms with Crippen LogP contribution in [0, 0.1) is 10.1 Å². The first-order valence-corrected chi connectivity index (χ1v) is 5.34. The van der Waals surface area contributed by atoms with Crippen LogP contribution in [0.4, 0.5) is 11.4 Å². The van der Waals surface area contributed by atoms with Crippen molar-refractivity contribution >= 4 is 28.9 Å². The summed E-state index contributed by atoms with van der Waals surface area (Å²) in [6.07, 6.45) is 0.445. The number of amides is 1. The van der Waals surface area contributed by atoms with Gasteiger partial charge in [-0.3, -0.25) is 14.9 Å². The van der Waals surface area contributed by atoms with Crippen molar-refractivity contribution in [3.63, 3.8) is 0 Å². The average Bonchev–Trinajstić information content (AvgIpc) is 2.27. The number of nitrogens with two attached hydrogens (primary N) is 1. The molecule has 7 heteroatoms. The van der Waals surface area contributed by atoms with Crippen LogP contribution in [0.15, 0.2) is 18.2 Å². The quantitative estimate of drug-likeness (QED) is 0.636. The van der Waals surface area contributed by atoms with Gasteiger partial charge < -0.3 is 11.1 Å². The molecule has 1 aromatic rings. The van der Waals surface area contributed by atoms with Crippen molar-refractivity contribution in [2.75, 3.05) is 5.32 Å². The van der Waals surface area contributed by atoms with Gasteiger partial charge in [0.15, 0.2) is 0 Å². The summed E-state index contributed by atoms with van der Waals surface area (Å²) in [4.78, 5) is 21.7. The van der Waals surface area contributed by atoms with E-state index < -0.39 is 16.9 Å². The first-order chi connectivity index (χ1) is 7.95. The van der Waals surface area contributed by atoms with E-state index in [0.29, 0.717) is 11.4 Å². The zero-order valence-electron chi connectivity index (χ0n) is 9.14. The van der Waals surface area contributed by atoms with Gasteiger partial charge in [0.25, 0.3) is 5.69 Å². The van der Waals surface area contributed by atoms with Crippen LogP contribution in [0.2, 0.25) is 5.02 Å². The number of halogens is 1. The highest BCUT2D eigenvalue weighted by molar-refractivity contribution is 6.31. The Morgan fingerprint density at radius 3 is 2.82 bits per heavy atom. The van der Waals surface area contributed by atoms with E-state index in [1.54, 1.807) is 6.92 Å². The second-order valence-corrected chi connectivity index (χ2v) is 3.86. The molecule has 0 radical (unpaired) electrons. The lowest BCUT2D eigenvalue weighted by Gasteiger charge is -2.10. The van der Waals surface area contributed by atoms with E-state index >= 15 is 0 Å². The molecule has 1 amide bonds. The Balaban J connectivity index is 3.00. The summed E-state index contributed by atoms with van der Waals surface area (Å²) in [7, 11) is 0. The number of anilines is 1. The minimum atomic E-state index is -0.700. The molecular weight excluding hydrogens is 246 g/mol. The van der Waals surface area contributed by atoms with Crippen molar-refractivity contribution < 1.29 is 9.72 Å². The van der Waals surface area contributed by atoms with Gasteiger partial charge in [0.05, 0.1) is 11.0 Å². The number of carbonyl (C=O) groups is 1. The molecule has 0 fully saturated rings. The molecule has 0 aliphatic heterocycles. The van der Waals surface area contributed by atoms with Crippen molar-refractivity contribution in [1.82, 2.24) is 0 Å². The zero-order chi connectivity index (χ0) is 13.0. The number of nitrogens with zero attached hydrogens (tertiary/aromatic N) is 1. The molecule has 0 bridgehead atoms. The van der Waals surface area contributed by atoms with Crippen LogP contribution in [-0.2, 0) is 4.79 Å². The molecule has 0 spiro atoms. The summed E-state index contributed by atoms with van der Waals surface area (Å²) in [6.45, 7) is 1.75. The van der Waals surface area contributed by atoms with Gasteiger partial charge in [-0.25, -0.2) is 0 Å². The van der Waals surface area contributed by atoms with E-state index in [1.165, 1.54) is 18.2 Å². The Morgan fingerprint density at radius 1 is 1.65 bits per heavy atom. The van der Waals surface area contributed by atoms with Gasteiger partial charge in [0.2, 0.25) is 5.91 Å². The molecule has 6 nitrogen and oxygen atoms in total. The highest BCUT2D eigenvalue weighted by Gasteiger charge is 2.18. The third-order valence-electron chi connectivity index (χ3n) is 2.19. The lowest BCUT2D eigenvalue weighted by molar-refractivity contribution is -0.383. The van der Waals surface area contributed by atoms with Crippen molar-refractivity contribution in [3.05, 3.63) is 33.3 Å². The SMILES string of the molecule is CC[C@@H](N)C(=O)Nc1cc(Cl)ccc1[N+](=O)[O-]. The third kappa shape index (κ3) is 3.40. The molecule has 1 atom stereocenters. The standard InChI is InChI=1S/C10H12ClN3O3/c1-2-7(12)10(15)13-8-5-6(11)3-4-9(8)14(16)17/h3-5,7H,2,12H2,1H3,(H,13,15)/t7-/m1/s1. The topological polar surface area (TPSA) is 98.3 Å². The van der Waals surface area contributed by atoms with Crippen molar-refractivity contribution in [2.24, 2.45) is 5.73 Å². The lowest BCUT2D eigenvalue weighted by Crippen LogP contribution is -2.34. The van der Waals surface area contributed by atoms with Crippen LogP contribution < -0.4 is 11.1 Å². The molecule has 1 rings (SSSR count). The fourth-order valence-corrected chi connectivity index (χ4v) is 1.35.